The number of alkyl carbamates (subject to hydrolysis) is 1. The lowest BCUT2D eigenvalue weighted by atomic mass is 10.0. The minimum Gasteiger partial charge on any atom is -0.479 e. The Hall–Kier alpha value is -2.08. The highest BCUT2D eigenvalue weighted by molar-refractivity contribution is 5.75. The summed E-state index contributed by atoms with van der Waals surface area (Å²) in [4.78, 5) is 22.7. The van der Waals surface area contributed by atoms with Crippen LogP contribution in [0.25, 0.3) is 0 Å². The van der Waals surface area contributed by atoms with Crippen LogP contribution in [-0.4, -0.2) is 34.0 Å². The molecule has 20 heavy (non-hydrogen) atoms. The van der Waals surface area contributed by atoms with Crippen LogP contribution in [0.4, 0.5) is 4.79 Å². The van der Waals surface area contributed by atoms with Gasteiger partial charge >= 0.3 is 12.1 Å². The van der Waals surface area contributed by atoms with Crippen molar-refractivity contribution >= 4 is 12.1 Å². The van der Waals surface area contributed by atoms with Crippen molar-refractivity contribution in [2.24, 2.45) is 0 Å². The van der Waals surface area contributed by atoms with E-state index >= 15 is 0 Å². The van der Waals surface area contributed by atoms with Crippen molar-refractivity contribution in [3.63, 3.8) is 0 Å². The molecular formula is C14H19NO5. The highest BCUT2D eigenvalue weighted by Gasteiger charge is 2.30. The van der Waals surface area contributed by atoms with Crippen LogP contribution in [0, 0.1) is 0 Å². The van der Waals surface area contributed by atoms with Crippen molar-refractivity contribution in [3.8, 4) is 0 Å². The molecule has 2 unspecified atom stereocenters. The normalized spacial score (nSPS) is 14.2. The molecule has 1 rings (SSSR count). The molecule has 0 saturated heterocycles. The summed E-state index contributed by atoms with van der Waals surface area (Å²) in [6, 6.07) is 7.29. The van der Waals surface area contributed by atoms with E-state index in [4.69, 9.17) is 9.84 Å². The molecule has 2 atom stereocenters. The lowest BCUT2D eigenvalue weighted by molar-refractivity contribution is -0.148. The van der Waals surface area contributed by atoms with E-state index in [9.17, 15) is 14.7 Å². The molecule has 1 aromatic rings. The van der Waals surface area contributed by atoms with Gasteiger partial charge in [-0.15, -0.1) is 0 Å². The Balaban J connectivity index is 2.90. The van der Waals surface area contributed by atoms with Gasteiger partial charge in [0.15, 0.2) is 6.10 Å². The van der Waals surface area contributed by atoms with Crippen LogP contribution >= 0.6 is 0 Å². The quantitative estimate of drug-likeness (QED) is 0.780. The number of carbonyl (C=O) groups is 2. The molecule has 0 aliphatic rings. The van der Waals surface area contributed by atoms with Crippen LogP contribution in [0.15, 0.2) is 30.3 Å². The standard InChI is InChI=1S/C14H19NO5/c1-14(2,3)20-13(19)15-10(11(16)12(17)18)9-7-5-4-6-8-9/h4-8,10-11,16H,1-3H3,(H,15,19)(H,17,18). The first-order chi connectivity index (χ1) is 9.20. The zero-order valence-electron chi connectivity index (χ0n) is 11.7. The molecule has 0 radical (unpaired) electrons. The zero-order chi connectivity index (χ0) is 15.3. The molecule has 0 heterocycles. The summed E-state index contributed by atoms with van der Waals surface area (Å²) in [5.41, 5.74) is -0.229. The van der Waals surface area contributed by atoms with Gasteiger partial charge in [0.05, 0.1) is 6.04 Å². The molecule has 3 N–H and O–H groups in total. The Bertz CT molecular complexity index is 466. The second-order valence-corrected chi connectivity index (χ2v) is 5.32. The minimum absolute atomic E-state index is 0.480. The highest BCUT2D eigenvalue weighted by atomic mass is 16.6. The van der Waals surface area contributed by atoms with Gasteiger partial charge in [-0.05, 0) is 26.3 Å². The Morgan fingerprint density at radius 1 is 1.20 bits per heavy atom. The maximum atomic E-state index is 11.7. The van der Waals surface area contributed by atoms with Gasteiger partial charge in [0.1, 0.15) is 5.60 Å². The predicted octanol–water partition coefficient (Wildman–Crippen LogP) is 1.70. The molecule has 0 fully saturated rings. The van der Waals surface area contributed by atoms with Gasteiger partial charge in [0.25, 0.3) is 0 Å². The number of carbonyl (C=O) groups excluding carboxylic acids is 1. The SMILES string of the molecule is CC(C)(C)OC(=O)NC(c1ccccc1)C(O)C(=O)O. The summed E-state index contributed by atoms with van der Waals surface area (Å²) in [5, 5.41) is 21.0. The molecule has 6 nitrogen and oxygen atoms in total. The number of nitrogens with one attached hydrogen (secondary N) is 1. The molecular weight excluding hydrogens is 262 g/mol. The first kappa shape index (κ1) is 16.0. The Morgan fingerprint density at radius 3 is 2.20 bits per heavy atom. The molecule has 1 aromatic carbocycles. The number of rotatable bonds is 4. The molecule has 110 valence electrons. The van der Waals surface area contributed by atoms with Crippen LogP contribution in [0.2, 0.25) is 0 Å². The third-order valence-electron chi connectivity index (χ3n) is 2.40. The topological polar surface area (TPSA) is 95.9 Å². The molecule has 0 bridgehead atoms. The summed E-state index contributed by atoms with van der Waals surface area (Å²) in [6.45, 7) is 5.08. The average molecular weight is 281 g/mol. The van der Waals surface area contributed by atoms with Crippen molar-refractivity contribution in [3.05, 3.63) is 35.9 Å². The van der Waals surface area contributed by atoms with Crippen LogP contribution in [0.5, 0.6) is 0 Å². The van der Waals surface area contributed by atoms with Gasteiger partial charge in [0.2, 0.25) is 0 Å². The van der Waals surface area contributed by atoms with Crippen LogP contribution in [0.1, 0.15) is 32.4 Å². The lowest BCUT2D eigenvalue weighted by Crippen LogP contribution is -2.42. The molecule has 0 aliphatic carbocycles. The van der Waals surface area contributed by atoms with Crippen LogP contribution < -0.4 is 5.32 Å². The van der Waals surface area contributed by atoms with Crippen molar-refractivity contribution in [2.75, 3.05) is 0 Å². The van der Waals surface area contributed by atoms with Gasteiger partial charge in [-0.3, -0.25) is 0 Å². The third-order valence-corrected chi connectivity index (χ3v) is 2.40. The third kappa shape index (κ3) is 4.89. The van der Waals surface area contributed by atoms with Gasteiger partial charge in [-0.2, -0.15) is 0 Å². The highest BCUT2D eigenvalue weighted by Crippen LogP contribution is 2.18. The van der Waals surface area contributed by atoms with E-state index in [0.717, 1.165) is 0 Å². The molecule has 0 aromatic heterocycles. The van der Waals surface area contributed by atoms with E-state index in [2.05, 4.69) is 5.32 Å². The van der Waals surface area contributed by atoms with E-state index < -0.39 is 29.8 Å². The van der Waals surface area contributed by atoms with Crippen molar-refractivity contribution in [1.82, 2.24) is 5.32 Å². The van der Waals surface area contributed by atoms with E-state index in [0.29, 0.717) is 5.56 Å². The number of aliphatic hydroxyl groups is 1. The number of ether oxygens (including phenoxy) is 1. The number of amides is 1. The molecule has 1 amide bonds. The average Bonchev–Trinajstić information content (AvgIpc) is 2.34. The lowest BCUT2D eigenvalue weighted by Gasteiger charge is -2.25. The fraction of sp³-hybridized carbons (Fsp3) is 0.429. The largest absolute Gasteiger partial charge is 0.479 e. The Morgan fingerprint density at radius 2 is 1.75 bits per heavy atom. The van der Waals surface area contributed by atoms with Crippen LogP contribution in [0.3, 0.4) is 0 Å². The zero-order valence-corrected chi connectivity index (χ0v) is 11.7. The predicted molar refractivity (Wildman–Crippen MR) is 72.2 cm³/mol. The summed E-state index contributed by atoms with van der Waals surface area (Å²) in [5.74, 6) is -1.42. The Labute approximate surface area is 117 Å². The minimum atomic E-state index is -1.76. The van der Waals surface area contributed by atoms with Crippen molar-refractivity contribution in [2.45, 2.75) is 38.5 Å². The number of hydrogen-bond donors (Lipinski definition) is 3. The number of aliphatic hydroxyl groups excluding tert-OH is 1. The number of benzene rings is 1. The molecule has 0 spiro atoms. The van der Waals surface area contributed by atoms with Crippen LogP contribution in [-0.2, 0) is 9.53 Å². The second kappa shape index (κ2) is 6.38. The van der Waals surface area contributed by atoms with Crippen molar-refractivity contribution < 1.29 is 24.5 Å². The Kier molecular flexibility index (Phi) is 5.10. The summed E-state index contributed by atoms with van der Waals surface area (Å²) >= 11 is 0. The second-order valence-electron chi connectivity index (χ2n) is 5.32. The molecule has 0 aliphatic heterocycles. The maximum absolute atomic E-state index is 11.7. The monoisotopic (exact) mass is 281 g/mol. The van der Waals surface area contributed by atoms with Gasteiger partial charge in [-0.1, -0.05) is 30.3 Å². The van der Waals surface area contributed by atoms with Crippen molar-refractivity contribution in [1.29, 1.82) is 0 Å². The number of hydrogen-bond acceptors (Lipinski definition) is 4. The fourth-order valence-corrected chi connectivity index (χ4v) is 1.58. The molecule has 6 heteroatoms. The first-order valence-electron chi connectivity index (χ1n) is 6.16. The first-order valence-corrected chi connectivity index (χ1v) is 6.16. The van der Waals surface area contributed by atoms with E-state index in [-0.39, 0.29) is 0 Å². The smallest absolute Gasteiger partial charge is 0.408 e. The van der Waals surface area contributed by atoms with Gasteiger partial charge in [0, 0.05) is 0 Å². The number of carboxylic acid groups (broad SMARTS) is 1. The van der Waals surface area contributed by atoms with Gasteiger partial charge in [-0.25, -0.2) is 9.59 Å². The summed E-state index contributed by atoms with van der Waals surface area (Å²) in [7, 11) is 0. The summed E-state index contributed by atoms with van der Waals surface area (Å²) in [6.07, 6.45) is -2.54. The van der Waals surface area contributed by atoms with E-state index in [1.54, 1.807) is 51.1 Å². The fourth-order valence-electron chi connectivity index (χ4n) is 1.58. The van der Waals surface area contributed by atoms with E-state index in [1.807, 2.05) is 0 Å². The van der Waals surface area contributed by atoms with Gasteiger partial charge < -0.3 is 20.3 Å². The molecule has 0 saturated carbocycles. The number of aliphatic carboxylic acids is 1. The maximum Gasteiger partial charge on any atom is 0.408 e. The summed E-state index contributed by atoms with van der Waals surface area (Å²) < 4.78 is 5.07. The number of carboxylic acids is 1. The van der Waals surface area contributed by atoms with E-state index in [1.165, 1.54) is 0 Å².